The Kier molecular flexibility index (Phi) is 5.01. The number of carbonyl (C=O) groups excluding carboxylic acids is 2. The predicted octanol–water partition coefficient (Wildman–Crippen LogP) is 0.935. The van der Waals surface area contributed by atoms with Crippen LogP contribution < -0.4 is 0 Å². The molecule has 0 aliphatic heterocycles. The number of hydrogen-bond acceptors (Lipinski definition) is 6. The van der Waals surface area contributed by atoms with Crippen LogP contribution in [0.2, 0.25) is 0 Å². The zero-order chi connectivity index (χ0) is 15.3. The lowest BCUT2D eigenvalue weighted by atomic mass is 10.1. The van der Waals surface area contributed by atoms with Crippen molar-refractivity contribution >= 4 is 17.6 Å². The first-order valence-electron chi connectivity index (χ1n) is 5.74. The van der Waals surface area contributed by atoms with Crippen LogP contribution in [0.1, 0.15) is 17.3 Å². The minimum atomic E-state index is -0.754. The maximum Gasteiger partial charge on any atom is 0.325 e. The molecular weight excluding hydrogens is 268 g/mol. The number of hydrogen-bond donors (Lipinski definition) is 1. The van der Waals surface area contributed by atoms with Crippen molar-refractivity contribution in [1.82, 2.24) is 4.90 Å². The summed E-state index contributed by atoms with van der Waals surface area (Å²) in [7, 11) is 1.21. The van der Waals surface area contributed by atoms with Gasteiger partial charge in [0.1, 0.15) is 6.54 Å². The van der Waals surface area contributed by atoms with Gasteiger partial charge < -0.3 is 14.7 Å². The molecule has 0 fully saturated rings. The van der Waals surface area contributed by atoms with Crippen LogP contribution in [0.5, 0.6) is 5.75 Å². The molecule has 20 heavy (non-hydrogen) atoms. The number of nitro benzene ring substituents is 1. The van der Waals surface area contributed by atoms with Crippen molar-refractivity contribution in [2.75, 3.05) is 20.2 Å². The summed E-state index contributed by atoms with van der Waals surface area (Å²) in [5, 5.41) is 20.1. The molecule has 0 aliphatic rings. The summed E-state index contributed by atoms with van der Waals surface area (Å²) in [6.07, 6.45) is 0. The Morgan fingerprint density at radius 3 is 2.55 bits per heavy atom. The minimum absolute atomic E-state index is 0.0545. The van der Waals surface area contributed by atoms with E-state index in [1.807, 2.05) is 0 Å². The van der Waals surface area contributed by atoms with Gasteiger partial charge in [0, 0.05) is 18.2 Å². The van der Waals surface area contributed by atoms with Crippen LogP contribution in [0.25, 0.3) is 0 Å². The van der Waals surface area contributed by atoms with E-state index in [-0.39, 0.29) is 18.7 Å². The highest BCUT2D eigenvalue weighted by molar-refractivity contribution is 5.96. The third-order valence-electron chi connectivity index (χ3n) is 2.64. The topological polar surface area (TPSA) is 110 Å². The van der Waals surface area contributed by atoms with Gasteiger partial charge in [0.15, 0.2) is 5.75 Å². The predicted molar refractivity (Wildman–Crippen MR) is 68.4 cm³/mol. The number of nitro groups is 1. The van der Waals surface area contributed by atoms with Crippen molar-refractivity contribution in [1.29, 1.82) is 0 Å². The molecular formula is C12H14N2O6. The molecule has 1 aromatic rings. The summed E-state index contributed by atoms with van der Waals surface area (Å²) in [4.78, 5) is 34.3. The molecule has 0 aromatic heterocycles. The summed E-state index contributed by atoms with van der Waals surface area (Å²) < 4.78 is 4.47. The highest BCUT2D eigenvalue weighted by Gasteiger charge is 2.21. The van der Waals surface area contributed by atoms with Crippen molar-refractivity contribution in [3.63, 3.8) is 0 Å². The number of phenolic OH excluding ortho intramolecular Hbond substituents is 1. The zero-order valence-electron chi connectivity index (χ0n) is 11.0. The van der Waals surface area contributed by atoms with E-state index in [4.69, 9.17) is 0 Å². The molecule has 0 atom stereocenters. The first-order chi connectivity index (χ1) is 9.40. The number of esters is 1. The van der Waals surface area contributed by atoms with Gasteiger partial charge in [-0.2, -0.15) is 0 Å². The Morgan fingerprint density at radius 2 is 2.10 bits per heavy atom. The van der Waals surface area contributed by atoms with Gasteiger partial charge in [-0.15, -0.1) is 0 Å². The van der Waals surface area contributed by atoms with Gasteiger partial charge in [0.2, 0.25) is 0 Å². The standard InChI is InChI=1S/C12H14N2O6/c1-3-13(7-11(16)20-2)12(17)8-4-5-9(14(18)19)10(15)6-8/h4-6,15H,3,7H2,1-2H3. The summed E-state index contributed by atoms with van der Waals surface area (Å²) in [5.74, 6) is -1.70. The van der Waals surface area contributed by atoms with Crippen molar-refractivity contribution in [3.05, 3.63) is 33.9 Å². The number of phenols is 1. The Labute approximate surface area is 114 Å². The Hall–Kier alpha value is -2.64. The zero-order valence-corrected chi connectivity index (χ0v) is 11.0. The number of benzene rings is 1. The maximum atomic E-state index is 12.1. The quantitative estimate of drug-likeness (QED) is 0.489. The first-order valence-corrected chi connectivity index (χ1v) is 5.74. The van der Waals surface area contributed by atoms with E-state index in [1.54, 1.807) is 6.92 Å². The number of carbonyl (C=O) groups is 2. The van der Waals surface area contributed by atoms with Crippen LogP contribution in [0.3, 0.4) is 0 Å². The van der Waals surface area contributed by atoms with Crippen molar-refractivity contribution < 1.29 is 24.4 Å². The number of amides is 1. The number of nitrogens with zero attached hydrogens (tertiary/aromatic N) is 2. The lowest BCUT2D eigenvalue weighted by molar-refractivity contribution is -0.385. The average Bonchev–Trinajstić information content (AvgIpc) is 2.43. The van der Waals surface area contributed by atoms with Crippen LogP contribution in [0, 0.1) is 10.1 Å². The summed E-state index contributed by atoms with van der Waals surface area (Å²) in [5.41, 5.74) is -0.434. The monoisotopic (exact) mass is 282 g/mol. The van der Waals surface area contributed by atoms with E-state index >= 15 is 0 Å². The largest absolute Gasteiger partial charge is 0.502 e. The van der Waals surface area contributed by atoms with E-state index in [9.17, 15) is 24.8 Å². The van der Waals surface area contributed by atoms with E-state index in [0.717, 1.165) is 12.1 Å². The lowest BCUT2D eigenvalue weighted by Gasteiger charge is -2.19. The highest BCUT2D eigenvalue weighted by atomic mass is 16.6. The van der Waals surface area contributed by atoms with Crippen LogP contribution in [-0.2, 0) is 9.53 Å². The molecule has 0 bridgehead atoms. The SMILES string of the molecule is CCN(CC(=O)OC)C(=O)c1ccc([N+](=O)[O-])c(O)c1. The Bertz CT molecular complexity index is 543. The molecule has 1 aromatic carbocycles. The molecule has 8 nitrogen and oxygen atoms in total. The molecule has 1 amide bonds. The van der Waals surface area contributed by atoms with Crippen LogP contribution >= 0.6 is 0 Å². The number of rotatable bonds is 5. The van der Waals surface area contributed by atoms with Crippen LogP contribution in [-0.4, -0.2) is 47.0 Å². The number of ether oxygens (including phenoxy) is 1. The summed E-state index contributed by atoms with van der Waals surface area (Å²) >= 11 is 0. The van der Waals surface area contributed by atoms with Crippen molar-refractivity contribution in [2.24, 2.45) is 0 Å². The van der Waals surface area contributed by atoms with Gasteiger partial charge in [0.25, 0.3) is 5.91 Å². The van der Waals surface area contributed by atoms with Crippen molar-refractivity contribution in [2.45, 2.75) is 6.92 Å². The van der Waals surface area contributed by atoms with Gasteiger partial charge in [-0.25, -0.2) is 0 Å². The molecule has 0 heterocycles. The molecule has 8 heteroatoms. The maximum absolute atomic E-state index is 12.1. The number of aromatic hydroxyl groups is 1. The molecule has 0 saturated carbocycles. The van der Waals surface area contributed by atoms with Crippen molar-refractivity contribution in [3.8, 4) is 5.75 Å². The number of methoxy groups -OCH3 is 1. The molecule has 108 valence electrons. The van der Waals surface area contributed by atoms with E-state index < -0.39 is 28.2 Å². The fourth-order valence-corrected chi connectivity index (χ4v) is 1.54. The molecule has 1 rings (SSSR count). The fourth-order valence-electron chi connectivity index (χ4n) is 1.54. The molecule has 0 radical (unpaired) electrons. The van der Waals surface area contributed by atoms with Gasteiger partial charge in [-0.1, -0.05) is 0 Å². The van der Waals surface area contributed by atoms with E-state index in [0.29, 0.717) is 0 Å². The van der Waals surface area contributed by atoms with Crippen LogP contribution in [0.4, 0.5) is 5.69 Å². The molecule has 0 spiro atoms. The highest BCUT2D eigenvalue weighted by Crippen LogP contribution is 2.26. The second-order valence-electron chi connectivity index (χ2n) is 3.86. The Balaban J connectivity index is 2.98. The van der Waals surface area contributed by atoms with Gasteiger partial charge >= 0.3 is 11.7 Å². The van der Waals surface area contributed by atoms with E-state index in [1.165, 1.54) is 18.1 Å². The number of likely N-dealkylation sites (N-methyl/N-ethyl adjacent to an activating group) is 1. The summed E-state index contributed by atoms with van der Waals surface area (Å²) in [6, 6.07) is 3.26. The average molecular weight is 282 g/mol. The second kappa shape index (κ2) is 6.50. The van der Waals surface area contributed by atoms with Gasteiger partial charge in [-0.05, 0) is 19.1 Å². The van der Waals surface area contributed by atoms with E-state index in [2.05, 4.69) is 4.74 Å². The minimum Gasteiger partial charge on any atom is -0.502 e. The van der Waals surface area contributed by atoms with Crippen LogP contribution in [0.15, 0.2) is 18.2 Å². The normalized spacial score (nSPS) is 9.90. The third kappa shape index (κ3) is 3.44. The smallest absolute Gasteiger partial charge is 0.325 e. The summed E-state index contributed by atoms with van der Waals surface area (Å²) in [6.45, 7) is 1.70. The third-order valence-corrected chi connectivity index (χ3v) is 2.64. The molecule has 0 aliphatic carbocycles. The van der Waals surface area contributed by atoms with Gasteiger partial charge in [-0.3, -0.25) is 19.7 Å². The van der Waals surface area contributed by atoms with Gasteiger partial charge in [0.05, 0.1) is 12.0 Å². The second-order valence-corrected chi connectivity index (χ2v) is 3.86. The fraction of sp³-hybridized carbons (Fsp3) is 0.333. The lowest BCUT2D eigenvalue weighted by Crippen LogP contribution is -2.36. The Morgan fingerprint density at radius 1 is 1.45 bits per heavy atom. The first kappa shape index (κ1) is 15.4. The molecule has 0 saturated heterocycles. The molecule has 1 N–H and O–H groups in total. The molecule has 0 unspecified atom stereocenters.